The minimum absolute atomic E-state index is 0.947. The molecule has 3 rings (SSSR count). The Morgan fingerprint density at radius 2 is 2.00 bits per heavy atom. The van der Waals surface area contributed by atoms with Gasteiger partial charge in [0.1, 0.15) is 0 Å². The first-order valence-corrected chi connectivity index (χ1v) is 8.07. The van der Waals surface area contributed by atoms with Crippen molar-refractivity contribution in [2.45, 2.75) is 11.8 Å². The van der Waals surface area contributed by atoms with Gasteiger partial charge in [-0.3, -0.25) is 0 Å². The highest BCUT2D eigenvalue weighted by Crippen LogP contribution is 2.31. The lowest BCUT2D eigenvalue weighted by Gasteiger charge is -2.04. The third-order valence-electron chi connectivity index (χ3n) is 2.98. The average molecular weight is 286 g/mol. The van der Waals surface area contributed by atoms with Gasteiger partial charge in [0, 0.05) is 10.6 Å². The number of thioether (sulfide) groups is 1. The molecule has 0 radical (unpaired) electrons. The van der Waals surface area contributed by atoms with Crippen molar-refractivity contribution in [3.8, 4) is 0 Å². The van der Waals surface area contributed by atoms with E-state index in [1.165, 1.54) is 15.2 Å². The smallest absolute Gasteiger partial charge is 0.188 e. The third-order valence-corrected chi connectivity index (χ3v) is 4.64. The van der Waals surface area contributed by atoms with Crippen LogP contribution in [0, 0.1) is 6.92 Å². The monoisotopic (exact) mass is 286 g/mol. The van der Waals surface area contributed by atoms with E-state index in [-0.39, 0.29) is 0 Å². The van der Waals surface area contributed by atoms with Gasteiger partial charge in [-0.1, -0.05) is 29.5 Å². The summed E-state index contributed by atoms with van der Waals surface area (Å²) < 4.78 is 1.22. The Morgan fingerprint density at radius 3 is 2.79 bits per heavy atom. The normalized spacial score (nSPS) is 10.8. The van der Waals surface area contributed by atoms with E-state index in [0.29, 0.717) is 0 Å². The number of hydrogen-bond donors (Lipinski definition) is 1. The average Bonchev–Trinajstić information content (AvgIpc) is 2.82. The van der Waals surface area contributed by atoms with Crippen LogP contribution in [-0.4, -0.2) is 11.2 Å². The van der Waals surface area contributed by atoms with E-state index in [0.717, 1.165) is 16.3 Å². The Balaban J connectivity index is 1.95. The van der Waals surface area contributed by atoms with Crippen LogP contribution in [0.3, 0.4) is 0 Å². The zero-order valence-corrected chi connectivity index (χ0v) is 12.4. The van der Waals surface area contributed by atoms with Gasteiger partial charge in [-0.15, -0.1) is 11.8 Å². The van der Waals surface area contributed by atoms with Crippen LogP contribution in [0.5, 0.6) is 0 Å². The second-order valence-electron chi connectivity index (χ2n) is 4.29. The maximum atomic E-state index is 4.62. The summed E-state index contributed by atoms with van der Waals surface area (Å²) in [5.41, 5.74) is 3.40. The van der Waals surface area contributed by atoms with Gasteiger partial charge in [-0.25, -0.2) is 4.98 Å². The van der Waals surface area contributed by atoms with Crippen LogP contribution >= 0.6 is 23.1 Å². The van der Waals surface area contributed by atoms with Crippen LogP contribution < -0.4 is 5.32 Å². The summed E-state index contributed by atoms with van der Waals surface area (Å²) in [7, 11) is 0. The third kappa shape index (κ3) is 2.60. The molecule has 0 saturated heterocycles. The number of thiazole rings is 1. The number of para-hydroxylation sites is 1. The molecule has 0 bridgehead atoms. The van der Waals surface area contributed by atoms with Gasteiger partial charge in [0.2, 0.25) is 0 Å². The fraction of sp³-hybridized carbons (Fsp3) is 0.133. The SMILES string of the molecule is CSc1ccc2nc(Nc3ccccc3C)sc2c1. The molecule has 3 aromatic rings. The van der Waals surface area contributed by atoms with Crippen molar-refractivity contribution < 1.29 is 0 Å². The summed E-state index contributed by atoms with van der Waals surface area (Å²) >= 11 is 3.45. The second kappa shape index (κ2) is 5.23. The van der Waals surface area contributed by atoms with Crippen molar-refractivity contribution in [1.29, 1.82) is 0 Å². The highest BCUT2D eigenvalue weighted by Gasteiger charge is 2.05. The van der Waals surface area contributed by atoms with Gasteiger partial charge in [-0.2, -0.15) is 0 Å². The predicted molar refractivity (Wildman–Crippen MR) is 85.9 cm³/mol. The number of rotatable bonds is 3. The number of aryl methyl sites for hydroxylation is 1. The standard InChI is InChI=1S/C15H14N2S2/c1-10-5-3-4-6-12(10)16-15-17-13-8-7-11(18-2)9-14(13)19-15/h3-9H,1-2H3,(H,16,17). The molecule has 0 fully saturated rings. The van der Waals surface area contributed by atoms with Crippen LogP contribution in [0.15, 0.2) is 47.4 Å². The number of hydrogen-bond acceptors (Lipinski definition) is 4. The molecule has 0 aliphatic carbocycles. The molecule has 0 aliphatic rings. The van der Waals surface area contributed by atoms with Crippen molar-refractivity contribution in [3.05, 3.63) is 48.0 Å². The molecule has 96 valence electrons. The summed E-state index contributed by atoms with van der Waals surface area (Å²) in [5, 5.41) is 4.35. The second-order valence-corrected chi connectivity index (χ2v) is 6.20. The Kier molecular flexibility index (Phi) is 3.44. The Labute approximate surface area is 120 Å². The molecule has 0 spiro atoms. The molecule has 0 saturated carbocycles. The van der Waals surface area contributed by atoms with E-state index in [4.69, 9.17) is 0 Å². The Hall–Kier alpha value is -1.52. The van der Waals surface area contributed by atoms with Crippen molar-refractivity contribution in [3.63, 3.8) is 0 Å². The summed E-state index contributed by atoms with van der Waals surface area (Å²) in [4.78, 5) is 5.90. The lowest BCUT2D eigenvalue weighted by Crippen LogP contribution is -1.91. The molecule has 4 heteroatoms. The molecule has 0 atom stereocenters. The van der Waals surface area contributed by atoms with Crippen LogP contribution in [0.2, 0.25) is 0 Å². The molecule has 0 unspecified atom stereocenters. The summed E-state index contributed by atoms with van der Waals surface area (Å²) in [6.45, 7) is 2.10. The van der Waals surface area contributed by atoms with E-state index >= 15 is 0 Å². The zero-order chi connectivity index (χ0) is 13.2. The van der Waals surface area contributed by atoms with E-state index in [1.807, 2.05) is 12.1 Å². The lowest BCUT2D eigenvalue weighted by molar-refractivity contribution is 1.39. The van der Waals surface area contributed by atoms with Crippen LogP contribution in [0.25, 0.3) is 10.2 Å². The van der Waals surface area contributed by atoms with Crippen molar-refractivity contribution in [2.24, 2.45) is 0 Å². The van der Waals surface area contributed by atoms with Gasteiger partial charge in [0.25, 0.3) is 0 Å². The van der Waals surface area contributed by atoms with E-state index in [9.17, 15) is 0 Å². The number of fused-ring (bicyclic) bond motifs is 1. The molecule has 1 heterocycles. The predicted octanol–water partition coefficient (Wildman–Crippen LogP) is 5.07. The van der Waals surface area contributed by atoms with Gasteiger partial charge >= 0.3 is 0 Å². The molecular formula is C15H14N2S2. The van der Waals surface area contributed by atoms with E-state index in [2.05, 4.69) is 53.8 Å². The molecule has 19 heavy (non-hydrogen) atoms. The molecule has 1 N–H and O–H groups in total. The summed E-state index contributed by atoms with van der Waals surface area (Å²) in [6, 6.07) is 14.7. The van der Waals surface area contributed by atoms with Gasteiger partial charge < -0.3 is 5.32 Å². The minimum Gasteiger partial charge on any atom is -0.331 e. The number of benzene rings is 2. The Morgan fingerprint density at radius 1 is 1.16 bits per heavy atom. The Bertz CT molecular complexity index is 719. The van der Waals surface area contributed by atoms with E-state index < -0.39 is 0 Å². The molecule has 0 aliphatic heterocycles. The van der Waals surface area contributed by atoms with Crippen LogP contribution in [0.4, 0.5) is 10.8 Å². The first-order valence-electron chi connectivity index (χ1n) is 6.03. The van der Waals surface area contributed by atoms with Crippen molar-refractivity contribution in [1.82, 2.24) is 4.98 Å². The summed E-state index contributed by atoms with van der Waals surface area (Å²) in [6.07, 6.45) is 2.09. The number of nitrogens with one attached hydrogen (secondary N) is 1. The zero-order valence-electron chi connectivity index (χ0n) is 10.8. The number of aromatic nitrogens is 1. The fourth-order valence-electron chi connectivity index (χ4n) is 1.91. The highest BCUT2D eigenvalue weighted by molar-refractivity contribution is 7.98. The number of anilines is 2. The highest BCUT2D eigenvalue weighted by atomic mass is 32.2. The van der Waals surface area contributed by atoms with Gasteiger partial charge in [0.15, 0.2) is 5.13 Å². The van der Waals surface area contributed by atoms with E-state index in [1.54, 1.807) is 23.1 Å². The lowest BCUT2D eigenvalue weighted by atomic mass is 10.2. The maximum absolute atomic E-state index is 4.62. The number of nitrogens with zero attached hydrogens (tertiary/aromatic N) is 1. The molecule has 2 nitrogen and oxygen atoms in total. The van der Waals surface area contributed by atoms with Crippen LogP contribution in [0.1, 0.15) is 5.56 Å². The largest absolute Gasteiger partial charge is 0.331 e. The minimum atomic E-state index is 0.947. The van der Waals surface area contributed by atoms with Crippen molar-refractivity contribution >= 4 is 44.1 Å². The van der Waals surface area contributed by atoms with Crippen LogP contribution in [-0.2, 0) is 0 Å². The maximum Gasteiger partial charge on any atom is 0.188 e. The fourth-order valence-corrected chi connectivity index (χ4v) is 3.35. The molecular weight excluding hydrogens is 272 g/mol. The topological polar surface area (TPSA) is 24.9 Å². The molecule has 0 amide bonds. The molecule has 1 aromatic heterocycles. The summed E-state index contributed by atoms with van der Waals surface area (Å²) in [5.74, 6) is 0. The molecule has 2 aromatic carbocycles. The van der Waals surface area contributed by atoms with Gasteiger partial charge in [0.05, 0.1) is 10.2 Å². The first kappa shape index (κ1) is 12.5. The first-order chi connectivity index (χ1) is 9.26. The quantitative estimate of drug-likeness (QED) is 0.680. The van der Waals surface area contributed by atoms with Gasteiger partial charge in [-0.05, 0) is 43.0 Å². The van der Waals surface area contributed by atoms with Crippen molar-refractivity contribution in [2.75, 3.05) is 11.6 Å².